The molecule has 64 valence electrons. The van der Waals surface area contributed by atoms with E-state index >= 15 is 0 Å². The molecule has 0 bridgehead atoms. The van der Waals surface area contributed by atoms with Crippen molar-refractivity contribution in [1.82, 2.24) is 4.98 Å². The molecule has 0 spiro atoms. The molecule has 0 unspecified atom stereocenters. The second kappa shape index (κ2) is 3.45. The molecule has 1 aromatic heterocycles. The van der Waals surface area contributed by atoms with E-state index in [1.807, 2.05) is 24.3 Å². The summed E-state index contributed by atoms with van der Waals surface area (Å²) in [4.78, 5) is 4.16. The minimum atomic E-state index is -0.300. The van der Waals surface area contributed by atoms with Crippen molar-refractivity contribution < 1.29 is 9.68 Å². The molecule has 0 atom stereocenters. The smallest absolute Gasteiger partial charge is 0.504 e. The van der Waals surface area contributed by atoms with Gasteiger partial charge in [-0.25, -0.2) is 0 Å². The van der Waals surface area contributed by atoms with E-state index in [0.29, 0.717) is 5.75 Å². The van der Waals surface area contributed by atoms with Crippen molar-refractivity contribution in [1.29, 1.82) is 0 Å². The Morgan fingerprint density at radius 1 is 1.31 bits per heavy atom. The van der Waals surface area contributed by atoms with Crippen LogP contribution in [0.4, 0.5) is 0 Å². The van der Waals surface area contributed by atoms with Gasteiger partial charge in [-0.2, -0.15) is 0 Å². The van der Waals surface area contributed by atoms with Crippen LogP contribution in [0.15, 0.2) is 36.5 Å². The highest BCUT2D eigenvalue weighted by atomic mass is 16.5. The summed E-state index contributed by atoms with van der Waals surface area (Å²) in [5.74, 6) is 0.656. The molecule has 2 aromatic rings. The highest BCUT2D eigenvalue weighted by molar-refractivity contribution is 6.17. The number of pyridine rings is 1. The molecule has 0 aliphatic carbocycles. The monoisotopic (exact) mass is 173 g/mol. The van der Waals surface area contributed by atoms with Crippen molar-refractivity contribution >= 4 is 18.6 Å². The van der Waals surface area contributed by atoms with Gasteiger partial charge in [0.05, 0.1) is 5.52 Å². The number of aromatic nitrogens is 1. The first-order valence-electron chi connectivity index (χ1n) is 3.98. The van der Waals surface area contributed by atoms with Gasteiger partial charge in [-0.15, -0.1) is 0 Å². The normalized spacial score (nSPS) is 9.92. The molecular weight excluding hydrogens is 165 g/mol. The largest absolute Gasteiger partial charge is 0.539 e. The Hall–Kier alpha value is -1.55. The topological polar surface area (TPSA) is 42.4 Å². The summed E-state index contributed by atoms with van der Waals surface area (Å²) >= 11 is 0. The molecule has 0 radical (unpaired) electrons. The third kappa shape index (κ3) is 1.62. The number of hydrogen-bond donors (Lipinski definition) is 1. The third-order valence-corrected chi connectivity index (χ3v) is 1.81. The highest BCUT2D eigenvalue weighted by Crippen LogP contribution is 2.18. The van der Waals surface area contributed by atoms with Gasteiger partial charge in [0.1, 0.15) is 5.75 Å². The number of hydrogen-bond acceptors (Lipinski definition) is 3. The fourth-order valence-electron chi connectivity index (χ4n) is 1.22. The van der Waals surface area contributed by atoms with Crippen molar-refractivity contribution in [3.63, 3.8) is 0 Å². The van der Waals surface area contributed by atoms with Gasteiger partial charge in [0.2, 0.25) is 0 Å². The molecule has 0 saturated carbocycles. The average Bonchev–Trinajstić information content (AvgIpc) is 2.18. The lowest BCUT2D eigenvalue weighted by Gasteiger charge is -2.02. The maximum atomic E-state index is 8.55. The van der Waals surface area contributed by atoms with Crippen LogP contribution < -0.4 is 4.65 Å². The standard InChI is InChI=1S/C9H8BNO2/c12-10-13-8-3-4-9-7(6-8)2-1-5-11-9/h1-6,10,12H. The Morgan fingerprint density at radius 3 is 3.08 bits per heavy atom. The van der Waals surface area contributed by atoms with Gasteiger partial charge >= 0.3 is 7.69 Å². The van der Waals surface area contributed by atoms with Crippen molar-refractivity contribution in [3.8, 4) is 5.75 Å². The lowest BCUT2D eigenvalue weighted by molar-refractivity contribution is 0.454. The lowest BCUT2D eigenvalue weighted by Crippen LogP contribution is -1.99. The van der Waals surface area contributed by atoms with E-state index in [-0.39, 0.29) is 7.69 Å². The Morgan fingerprint density at radius 2 is 2.23 bits per heavy atom. The van der Waals surface area contributed by atoms with Crippen molar-refractivity contribution in [2.45, 2.75) is 0 Å². The van der Waals surface area contributed by atoms with E-state index in [4.69, 9.17) is 9.68 Å². The predicted octanol–water partition coefficient (Wildman–Crippen LogP) is 0.872. The van der Waals surface area contributed by atoms with E-state index in [1.54, 1.807) is 12.3 Å². The van der Waals surface area contributed by atoms with E-state index in [0.717, 1.165) is 10.9 Å². The number of rotatable bonds is 2. The van der Waals surface area contributed by atoms with Crippen LogP contribution in [-0.4, -0.2) is 17.7 Å². The fraction of sp³-hybridized carbons (Fsp3) is 0. The molecule has 1 N–H and O–H groups in total. The quantitative estimate of drug-likeness (QED) is 0.685. The molecule has 13 heavy (non-hydrogen) atoms. The van der Waals surface area contributed by atoms with Crippen LogP contribution in [0, 0.1) is 0 Å². The maximum Gasteiger partial charge on any atom is 0.504 e. The summed E-state index contributed by atoms with van der Waals surface area (Å²) in [7, 11) is -0.300. The molecule has 0 aliphatic heterocycles. The molecule has 4 heteroatoms. The van der Waals surface area contributed by atoms with Crippen LogP contribution in [0.1, 0.15) is 0 Å². The molecule has 1 aromatic carbocycles. The molecular formula is C9H8BNO2. The maximum absolute atomic E-state index is 8.55. The van der Waals surface area contributed by atoms with Gasteiger partial charge in [0, 0.05) is 11.6 Å². The van der Waals surface area contributed by atoms with Crippen molar-refractivity contribution in [2.75, 3.05) is 0 Å². The van der Waals surface area contributed by atoms with Crippen LogP contribution in [0.25, 0.3) is 10.9 Å². The minimum Gasteiger partial charge on any atom is -0.539 e. The summed E-state index contributed by atoms with van der Waals surface area (Å²) in [6.07, 6.45) is 1.74. The van der Waals surface area contributed by atoms with Gasteiger partial charge in [-0.1, -0.05) is 6.07 Å². The minimum absolute atomic E-state index is 0.300. The molecule has 0 fully saturated rings. The molecule has 0 aliphatic rings. The third-order valence-electron chi connectivity index (χ3n) is 1.81. The van der Waals surface area contributed by atoms with E-state index in [2.05, 4.69) is 4.98 Å². The fourth-order valence-corrected chi connectivity index (χ4v) is 1.22. The summed E-state index contributed by atoms with van der Waals surface area (Å²) in [6, 6.07) is 9.31. The number of nitrogens with zero attached hydrogens (tertiary/aromatic N) is 1. The van der Waals surface area contributed by atoms with Gasteiger partial charge < -0.3 is 9.68 Å². The van der Waals surface area contributed by atoms with Crippen molar-refractivity contribution in [2.24, 2.45) is 0 Å². The molecule has 1 heterocycles. The molecule has 0 amide bonds. The average molecular weight is 173 g/mol. The Kier molecular flexibility index (Phi) is 2.14. The van der Waals surface area contributed by atoms with Gasteiger partial charge in [0.15, 0.2) is 0 Å². The number of fused-ring (bicyclic) bond motifs is 1. The summed E-state index contributed by atoms with van der Waals surface area (Å²) in [5.41, 5.74) is 0.924. The zero-order chi connectivity index (χ0) is 9.10. The zero-order valence-corrected chi connectivity index (χ0v) is 6.97. The van der Waals surface area contributed by atoms with E-state index in [1.165, 1.54) is 0 Å². The number of benzene rings is 1. The van der Waals surface area contributed by atoms with Crippen LogP contribution in [0.3, 0.4) is 0 Å². The van der Waals surface area contributed by atoms with Crippen molar-refractivity contribution in [3.05, 3.63) is 36.5 Å². The van der Waals surface area contributed by atoms with E-state index < -0.39 is 0 Å². The van der Waals surface area contributed by atoms with Gasteiger partial charge in [0.25, 0.3) is 0 Å². The summed E-state index contributed by atoms with van der Waals surface area (Å²) in [6.45, 7) is 0. The Balaban J connectivity index is 2.49. The van der Waals surface area contributed by atoms with Crippen LogP contribution in [0.5, 0.6) is 5.75 Å². The first kappa shape index (κ1) is 8.07. The second-order valence-electron chi connectivity index (χ2n) is 2.63. The summed E-state index contributed by atoms with van der Waals surface area (Å²) < 4.78 is 4.94. The van der Waals surface area contributed by atoms with Gasteiger partial charge in [-0.3, -0.25) is 4.98 Å². The van der Waals surface area contributed by atoms with Gasteiger partial charge in [-0.05, 0) is 24.3 Å². The predicted molar refractivity (Wildman–Crippen MR) is 51.7 cm³/mol. The molecule has 0 saturated heterocycles. The highest BCUT2D eigenvalue weighted by Gasteiger charge is 1.96. The lowest BCUT2D eigenvalue weighted by atomic mass is 10.2. The molecule has 3 nitrogen and oxygen atoms in total. The first-order chi connectivity index (χ1) is 6.40. The van der Waals surface area contributed by atoms with Crippen LogP contribution >= 0.6 is 0 Å². The van der Waals surface area contributed by atoms with Crippen LogP contribution in [0.2, 0.25) is 0 Å². The Labute approximate surface area is 76.3 Å². The zero-order valence-electron chi connectivity index (χ0n) is 6.97. The second-order valence-corrected chi connectivity index (χ2v) is 2.63. The molecule has 2 rings (SSSR count). The SMILES string of the molecule is OBOc1ccc2ncccc2c1. The first-order valence-corrected chi connectivity index (χ1v) is 3.98. The summed E-state index contributed by atoms with van der Waals surface area (Å²) in [5, 5.41) is 9.56. The Bertz CT molecular complexity index is 419. The van der Waals surface area contributed by atoms with Crippen LogP contribution in [-0.2, 0) is 0 Å². The van der Waals surface area contributed by atoms with E-state index in [9.17, 15) is 0 Å².